The van der Waals surface area contributed by atoms with E-state index < -0.39 is 40.6 Å². The average Bonchev–Trinajstić information content (AvgIpc) is 3.00. The van der Waals surface area contributed by atoms with Gasteiger partial charge in [0.2, 0.25) is 0 Å². The molecule has 28 heavy (non-hydrogen) atoms. The summed E-state index contributed by atoms with van der Waals surface area (Å²) in [5, 5.41) is 25.7. The van der Waals surface area contributed by atoms with Crippen molar-refractivity contribution in [2.45, 2.75) is 25.2 Å². The molecule has 0 saturated carbocycles. The number of nitro benzene ring substituents is 1. The van der Waals surface area contributed by atoms with Gasteiger partial charge in [-0.3, -0.25) is 14.9 Å². The predicted octanol–water partition coefficient (Wildman–Crippen LogP) is 3.51. The van der Waals surface area contributed by atoms with Crippen LogP contribution in [0.3, 0.4) is 0 Å². The molecular weight excluding hydrogens is 379 g/mol. The Morgan fingerprint density at radius 2 is 1.93 bits per heavy atom. The summed E-state index contributed by atoms with van der Waals surface area (Å²) in [5.41, 5.74) is -3.85. The maximum atomic E-state index is 13.2. The number of carbonyl (C=O) groups excluding carboxylic acids is 1. The maximum Gasteiger partial charge on any atom is 0.431 e. The zero-order valence-corrected chi connectivity index (χ0v) is 14.5. The summed E-state index contributed by atoms with van der Waals surface area (Å²) in [5.74, 6) is -0.961. The predicted molar refractivity (Wildman–Crippen MR) is 92.4 cm³/mol. The normalized spacial score (nSPS) is 19.5. The molecule has 0 bridgehead atoms. The third kappa shape index (κ3) is 3.46. The molecule has 3 rings (SSSR count). The number of alkyl halides is 3. The fourth-order valence-electron chi connectivity index (χ4n) is 2.91. The Morgan fingerprint density at radius 1 is 1.25 bits per heavy atom. The summed E-state index contributed by atoms with van der Waals surface area (Å²) in [6.45, 7) is 1.69. The van der Waals surface area contributed by atoms with E-state index in [9.17, 15) is 33.2 Å². The lowest BCUT2D eigenvalue weighted by Crippen LogP contribution is -2.43. The molecule has 0 aromatic heterocycles. The highest BCUT2D eigenvalue weighted by Crippen LogP contribution is 2.41. The van der Waals surface area contributed by atoms with Crippen LogP contribution in [0.4, 0.5) is 18.9 Å². The van der Waals surface area contributed by atoms with Crippen molar-refractivity contribution >= 4 is 17.3 Å². The second kappa shape index (κ2) is 6.71. The molecule has 0 aliphatic carbocycles. The molecule has 1 amide bonds. The van der Waals surface area contributed by atoms with Gasteiger partial charge < -0.3 is 5.11 Å². The van der Waals surface area contributed by atoms with Crippen molar-refractivity contribution in [3.05, 3.63) is 75.3 Å². The van der Waals surface area contributed by atoms with Crippen LogP contribution in [0.1, 0.15) is 27.9 Å². The average molecular weight is 393 g/mol. The number of rotatable bonds is 3. The standard InChI is InChI=1S/C18H14F3N3O4/c1-11-4-2-5-12(8-11)16(25)23-17(26,10-15(22-23)18(19,20)21)13-6-3-7-14(9-13)24(27)28/h2-9,26H,10H2,1H3. The Balaban J connectivity index is 2.12. The number of benzene rings is 2. The Kier molecular flexibility index (Phi) is 4.67. The van der Waals surface area contributed by atoms with Crippen molar-refractivity contribution in [2.24, 2.45) is 5.10 Å². The van der Waals surface area contributed by atoms with Gasteiger partial charge >= 0.3 is 6.18 Å². The first kappa shape index (κ1) is 19.5. The van der Waals surface area contributed by atoms with E-state index in [-0.39, 0.29) is 11.1 Å². The summed E-state index contributed by atoms with van der Waals surface area (Å²) in [6, 6.07) is 10.5. The molecule has 1 aliphatic heterocycles. The Hall–Kier alpha value is -3.27. The van der Waals surface area contributed by atoms with E-state index in [0.29, 0.717) is 10.6 Å². The second-order valence-electron chi connectivity index (χ2n) is 6.33. The van der Waals surface area contributed by atoms with Crippen LogP contribution >= 0.6 is 0 Å². The SMILES string of the molecule is Cc1cccc(C(=O)N2N=C(C(F)(F)F)CC2(O)c2cccc([N+](=O)[O-])c2)c1. The van der Waals surface area contributed by atoms with Crippen LogP contribution in [0, 0.1) is 17.0 Å². The third-order valence-electron chi connectivity index (χ3n) is 4.29. The number of amides is 1. The fourth-order valence-corrected chi connectivity index (χ4v) is 2.91. The van der Waals surface area contributed by atoms with E-state index in [1.807, 2.05) is 0 Å². The molecule has 146 valence electrons. The summed E-state index contributed by atoms with van der Waals surface area (Å²) in [4.78, 5) is 23.1. The van der Waals surface area contributed by atoms with Gasteiger partial charge in [0.1, 0.15) is 5.71 Å². The molecule has 1 atom stereocenters. The molecule has 0 spiro atoms. The lowest BCUT2D eigenvalue weighted by atomic mass is 9.96. The minimum atomic E-state index is -4.88. The van der Waals surface area contributed by atoms with Gasteiger partial charge in [-0.15, -0.1) is 0 Å². The first-order valence-electron chi connectivity index (χ1n) is 8.05. The lowest BCUT2D eigenvalue weighted by molar-refractivity contribution is -0.385. The van der Waals surface area contributed by atoms with Crippen LogP contribution in [0.2, 0.25) is 0 Å². The molecule has 1 N–H and O–H groups in total. The van der Waals surface area contributed by atoms with Crippen LogP contribution in [-0.2, 0) is 5.72 Å². The van der Waals surface area contributed by atoms with Gasteiger partial charge in [-0.25, -0.2) is 0 Å². The van der Waals surface area contributed by atoms with Crippen molar-refractivity contribution in [3.8, 4) is 0 Å². The van der Waals surface area contributed by atoms with Gasteiger partial charge in [0.25, 0.3) is 11.6 Å². The molecule has 0 fully saturated rings. The van der Waals surface area contributed by atoms with Gasteiger partial charge in [-0.05, 0) is 19.1 Å². The summed E-state index contributed by atoms with van der Waals surface area (Å²) >= 11 is 0. The zero-order chi connectivity index (χ0) is 20.7. The van der Waals surface area contributed by atoms with E-state index in [1.165, 1.54) is 24.3 Å². The molecule has 2 aromatic rings. The zero-order valence-electron chi connectivity index (χ0n) is 14.5. The van der Waals surface area contributed by atoms with Crippen molar-refractivity contribution in [1.82, 2.24) is 5.01 Å². The van der Waals surface area contributed by atoms with Crippen LogP contribution < -0.4 is 0 Å². The first-order valence-corrected chi connectivity index (χ1v) is 8.05. The van der Waals surface area contributed by atoms with E-state index in [2.05, 4.69) is 5.10 Å². The monoisotopic (exact) mass is 393 g/mol. The van der Waals surface area contributed by atoms with Gasteiger partial charge in [-0.1, -0.05) is 29.8 Å². The number of non-ortho nitro benzene ring substituents is 1. The minimum Gasteiger partial charge on any atom is -0.365 e. The Labute approximate surface area is 156 Å². The third-order valence-corrected chi connectivity index (χ3v) is 4.29. The molecule has 10 heteroatoms. The topological polar surface area (TPSA) is 96.0 Å². The highest BCUT2D eigenvalue weighted by atomic mass is 19.4. The van der Waals surface area contributed by atoms with Crippen LogP contribution in [0.25, 0.3) is 0 Å². The van der Waals surface area contributed by atoms with Crippen LogP contribution in [0.5, 0.6) is 0 Å². The minimum absolute atomic E-state index is 0.0241. The molecule has 1 aliphatic rings. The lowest BCUT2D eigenvalue weighted by Gasteiger charge is -2.31. The number of aliphatic hydroxyl groups is 1. The molecule has 2 aromatic carbocycles. The number of halogens is 3. The first-order chi connectivity index (χ1) is 13.0. The van der Waals surface area contributed by atoms with E-state index in [0.717, 1.165) is 12.1 Å². The highest BCUT2D eigenvalue weighted by Gasteiger charge is 2.53. The van der Waals surface area contributed by atoms with Crippen molar-refractivity contribution in [2.75, 3.05) is 0 Å². The number of nitro groups is 1. The largest absolute Gasteiger partial charge is 0.431 e. The molecule has 0 saturated heterocycles. The van der Waals surface area contributed by atoms with Crippen LogP contribution in [-0.4, -0.2) is 32.8 Å². The number of nitrogens with zero attached hydrogens (tertiary/aromatic N) is 3. The molecule has 7 nitrogen and oxygen atoms in total. The Morgan fingerprint density at radius 3 is 2.54 bits per heavy atom. The number of hydrogen-bond acceptors (Lipinski definition) is 5. The number of carbonyl (C=O) groups is 1. The smallest absolute Gasteiger partial charge is 0.365 e. The van der Waals surface area contributed by atoms with E-state index in [4.69, 9.17) is 0 Å². The van der Waals surface area contributed by atoms with Gasteiger partial charge in [-0.2, -0.15) is 23.3 Å². The number of hydrazone groups is 1. The maximum absolute atomic E-state index is 13.2. The van der Waals surface area contributed by atoms with Gasteiger partial charge in [0.05, 0.1) is 11.3 Å². The van der Waals surface area contributed by atoms with Crippen molar-refractivity contribution in [1.29, 1.82) is 0 Å². The number of hydrogen-bond donors (Lipinski definition) is 1. The Bertz CT molecular complexity index is 990. The summed E-state index contributed by atoms with van der Waals surface area (Å²) in [6.07, 6.45) is -5.93. The molecule has 0 radical (unpaired) electrons. The van der Waals surface area contributed by atoms with Crippen LogP contribution in [0.15, 0.2) is 53.6 Å². The van der Waals surface area contributed by atoms with Gasteiger partial charge in [0.15, 0.2) is 5.72 Å². The summed E-state index contributed by atoms with van der Waals surface area (Å²) < 4.78 is 39.7. The van der Waals surface area contributed by atoms with Crippen molar-refractivity contribution < 1.29 is 28.0 Å². The second-order valence-corrected chi connectivity index (χ2v) is 6.33. The van der Waals surface area contributed by atoms with Gasteiger partial charge in [0, 0.05) is 23.3 Å². The fraction of sp³-hybridized carbons (Fsp3) is 0.222. The van der Waals surface area contributed by atoms with E-state index in [1.54, 1.807) is 19.1 Å². The quantitative estimate of drug-likeness (QED) is 0.638. The molecular formula is C18H14F3N3O4. The molecule has 1 heterocycles. The van der Waals surface area contributed by atoms with Crippen molar-refractivity contribution in [3.63, 3.8) is 0 Å². The number of aryl methyl sites for hydroxylation is 1. The summed E-state index contributed by atoms with van der Waals surface area (Å²) in [7, 11) is 0. The highest BCUT2D eigenvalue weighted by molar-refractivity contribution is 6.00. The molecule has 1 unspecified atom stereocenters. The van der Waals surface area contributed by atoms with E-state index >= 15 is 0 Å².